The molecule has 0 radical (unpaired) electrons. The first-order valence-electron chi connectivity index (χ1n) is 6.93. The fraction of sp³-hybridized carbons (Fsp3) is 0.250. The van der Waals surface area contributed by atoms with E-state index in [0.717, 1.165) is 36.4 Å². The summed E-state index contributed by atoms with van der Waals surface area (Å²) in [7, 11) is 0. The van der Waals surface area contributed by atoms with Gasteiger partial charge in [0, 0.05) is 12.2 Å². The number of H-pyrrole nitrogens is 1. The van der Waals surface area contributed by atoms with Crippen molar-refractivity contribution in [1.29, 1.82) is 0 Å². The summed E-state index contributed by atoms with van der Waals surface area (Å²) in [6.07, 6.45) is 7.11. The number of aromatic amines is 1. The molecule has 4 rings (SSSR count). The molecule has 1 N–H and O–H groups in total. The van der Waals surface area contributed by atoms with Crippen molar-refractivity contribution < 1.29 is 4.79 Å². The molecule has 0 amide bonds. The molecular formula is C16H15N3O. The molecule has 1 aromatic heterocycles. The summed E-state index contributed by atoms with van der Waals surface area (Å²) in [5.41, 5.74) is 2.76. The summed E-state index contributed by atoms with van der Waals surface area (Å²) >= 11 is 0. The Bertz CT molecular complexity index is 790. The lowest BCUT2D eigenvalue weighted by Crippen LogP contribution is -2.39. The number of nitrogens with zero attached hydrogens (tertiary/aromatic N) is 2. The van der Waals surface area contributed by atoms with Crippen molar-refractivity contribution in [2.45, 2.75) is 18.9 Å². The number of aldehydes is 1. The molecule has 0 fully saturated rings. The number of carbonyl (C=O) groups excluding carboxylic acids is 1. The van der Waals surface area contributed by atoms with Crippen molar-refractivity contribution in [3.05, 3.63) is 46.4 Å². The number of nitrogens with one attached hydrogen (secondary N) is 1. The van der Waals surface area contributed by atoms with Crippen LogP contribution in [0.4, 0.5) is 5.69 Å². The van der Waals surface area contributed by atoms with Crippen molar-refractivity contribution in [3.63, 3.8) is 0 Å². The maximum atomic E-state index is 10.8. The van der Waals surface area contributed by atoms with Gasteiger partial charge in [-0.15, -0.1) is 0 Å². The van der Waals surface area contributed by atoms with Gasteiger partial charge in [-0.25, -0.2) is 4.98 Å². The molecule has 2 aromatic rings. The Morgan fingerprint density at radius 1 is 1.35 bits per heavy atom. The van der Waals surface area contributed by atoms with Crippen LogP contribution in [0.25, 0.3) is 12.2 Å². The Kier molecular flexibility index (Phi) is 2.49. The highest BCUT2D eigenvalue weighted by molar-refractivity contribution is 5.69. The number of imidazole rings is 1. The summed E-state index contributed by atoms with van der Waals surface area (Å²) in [4.78, 5) is 20.5. The van der Waals surface area contributed by atoms with Gasteiger partial charge in [0.1, 0.15) is 0 Å². The van der Waals surface area contributed by atoms with E-state index in [1.54, 1.807) is 0 Å². The molecule has 1 atom stereocenters. The minimum Gasteiger partial charge on any atom is -0.364 e. The number of hydrogen-bond donors (Lipinski definition) is 1. The highest BCUT2D eigenvalue weighted by Gasteiger charge is 2.25. The van der Waals surface area contributed by atoms with Gasteiger partial charge in [-0.3, -0.25) is 4.79 Å². The van der Waals surface area contributed by atoms with Gasteiger partial charge in [-0.2, -0.15) is 0 Å². The van der Waals surface area contributed by atoms with E-state index in [1.807, 2.05) is 0 Å². The topological polar surface area (TPSA) is 49.0 Å². The zero-order chi connectivity index (χ0) is 13.5. The maximum Gasteiger partial charge on any atom is 0.185 e. The second-order valence-corrected chi connectivity index (χ2v) is 5.28. The Morgan fingerprint density at radius 3 is 3.15 bits per heavy atom. The number of para-hydroxylation sites is 1. The highest BCUT2D eigenvalue weighted by atomic mass is 16.1. The second kappa shape index (κ2) is 4.34. The molecule has 0 bridgehead atoms. The molecule has 20 heavy (non-hydrogen) atoms. The first kappa shape index (κ1) is 11.5. The summed E-state index contributed by atoms with van der Waals surface area (Å²) < 4.78 is 0. The lowest BCUT2D eigenvalue weighted by molar-refractivity contribution is 0.111. The van der Waals surface area contributed by atoms with E-state index in [9.17, 15) is 4.79 Å². The van der Waals surface area contributed by atoms with Crippen LogP contribution >= 0.6 is 0 Å². The van der Waals surface area contributed by atoms with Crippen molar-refractivity contribution in [1.82, 2.24) is 9.97 Å². The third kappa shape index (κ3) is 1.68. The van der Waals surface area contributed by atoms with Crippen LogP contribution in [0, 0.1) is 0 Å². The fourth-order valence-corrected chi connectivity index (χ4v) is 3.18. The first-order valence-corrected chi connectivity index (χ1v) is 6.93. The Labute approximate surface area is 116 Å². The maximum absolute atomic E-state index is 10.8. The SMILES string of the molecule is O=Cc1nc2c([nH]1)=CC(N1CCc3ccccc31)CC=2. The van der Waals surface area contributed by atoms with E-state index in [2.05, 4.69) is 51.3 Å². The first-order chi connectivity index (χ1) is 9.85. The van der Waals surface area contributed by atoms with Crippen molar-refractivity contribution in [3.8, 4) is 0 Å². The lowest BCUT2D eigenvalue weighted by atomic mass is 10.1. The number of rotatable bonds is 2. The second-order valence-electron chi connectivity index (χ2n) is 5.28. The van der Waals surface area contributed by atoms with Crippen LogP contribution in [0.1, 0.15) is 22.6 Å². The molecule has 1 unspecified atom stereocenters. The molecule has 1 aromatic carbocycles. The van der Waals surface area contributed by atoms with E-state index >= 15 is 0 Å². The predicted molar refractivity (Wildman–Crippen MR) is 78.1 cm³/mol. The number of anilines is 1. The standard InChI is InChI=1S/C16H15N3O/c20-10-16-17-13-6-5-12(9-14(13)18-16)19-8-7-11-3-1-2-4-15(11)19/h1-4,6,9-10,12H,5,7-8H2,(H,17,18). The average Bonchev–Trinajstić information content (AvgIpc) is 3.09. The van der Waals surface area contributed by atoms with Crippen LogP contribution in [-0.4, -0.2) is 28.8 Å². The number of hydrogen-bond acceptors (Lipinski definition) is 3. The van der Waals surface area contributed by atoms with Crippen molar-refractivity contribution in [2.24, 2.45) is 0 Å². The minimum absolute atomic E-state index is 0.339. The molecule has 100 valence electrons. The van der Waals surface area contributed by atoms with E-state index in [4.69, 9.17) is 0 Å². The third-order valence-corrected chi connectivity index (χ3v) is 4.13. The van der Waals surface area contributed by atoms with E-state index in [-0.39, 0.29) is 0 Å². The number of carbonyl (C=O) groups is 1. The van der Waals surface area contributed by atoms with Crippen LogP contribution in [-0.2, 0) is 6.42 Å². The van der Waals surface area contributed by atoms with Crippen LogP contribution in [0.5, 0.6) is 0 Å². The van der Waals surface area contributed by atoms with Crippen LogP contribution < -0.4 is 15.6 Å². The molecule has 1 aliphatic heterocycles. The molecule has 2 aliphatic rings. The molecular weight excluding hydrogens is 250 g/mol. The van der Waals surface area contributed by atoms with E-state index in [1.165, 1.54) is 11.3 Å². The van der Waals surface area contributed by atoms with Crippen LogP contribution in [0.2, 0.25) is 0 Å². The monoisotopic (exact) mass is 265 g/mol. The normalized spacial score (nSPS) is 19.8. The minimum atomic E-state index is 0.339. The zero-order valence-electron chi connectivity index (χ0n) is 11.0. The van der Waals surface area contributed by atoms with Crippen molar-refractivity contribution in [2.75, 3.05) is 11.4 Å². The van der Waals surface area contributed by atoms with Gasteiger partial charge in [0.05, 0.1) is 16.7 Å². The van der Waals surface area contributed by atoms with Gasteiger partial charge in [0.2, 0.25) is 0 Å². The van der Waals surface area contributed by atoms with E-state index < -0.39 is 0 Å². The van der Waals surface area contributed by atoms with Gasteiger partial charge >= 0.3 is 0 Å². The highest BCUT2D eigenvalue weighted by Crippen LogP contribution is 2.30. The number of fused-ring (bicyclic) bond motifs is 2. The van der Waals surface area contributed by atoms with Gasteiger partial charge in [0.15, 0.2) is 12.1 Å². The van der Waals surface area contributed by atoms with Crippen molar-refractivity contribution >= 4 is 24.1 Å². The summed E-state index contributed by atoms with van der Waals surface area (Å²) in [6.45, 7) is 1.05. The molecule has 1 aliphatic carbocycles. The molecule has 4 nitrogen and oxygen atoms in total. The molecule has 0 saturated heterocycles. The Balaban J connectivity index is 1.74. The average molecular weight is 265 g/mol. The van der Waals surface area contributed by atoms with Crippen LogP contribution in [0.15, 0.2) is 24.3 Å². The summed E-state index contributed by atoms with van der Waals surface area (Å²) in [6, 6.07) is 8.92. The molecule has 4 heteroatoms. The quantitative estimate of drug-likeness (QED) is 0.810. The Morgan fingerprint density at radius 2 is 2.25 bits per heavy atom. The smallest absolute Gasteiger partial charge is 0.185 e. The van der Waals surface area contributed by atoms with Gasteiger partial charge in [-0.05, 0) is 30.5 Å². The van der Waals surface area contributed by atoms with Crippen LogP contribution in [0.3, 0.4) is 0 Å². The zero-order valence-corrected chi connectivity index (χ0v) is 11.0. The largest absolute Gasteiger partial charge is 0.364 e. The molecule has 0 spiro atoms. The number of benzene rings is 1. The molecule has 0 saturated carbocycles. The summed E-state index contributed by atoms with van der Waals surface area (Å²) in [5.74, 6) is 0.407. The van der Waals surface area contributed by atoms with E-state index in [0.29, 0.717) is 11.9 Å². The van der Waals surface area contributed by atoms with Gasteiger partial charge in [0.25, 0.3) is 0 Å². The van der Waals surface area contributed by atoms with Gasteiger partial charge < -0.3 is 9.88 Å². The lowest BCUT2D eigenvalue weighted by Gasteiger charge is -2.28. The fourth-order valence-electron chi connectivity index (χ4n) is 3.18. The third-order valence-electron chi connectivity index (χ3n) is 4.13. The summed E-state index contributed by atoms with van der Waals surface area (Å²) in [5, 5.41) is 1.86. The van der Waals surface area contributed by atoms with Gasteiger partial charge in [-0.1, -0.05) is 24.3 Å². The number of aromatic nitrogens is 2. The Hall–Kier alpha value is -2.36. The predicted octanol–water partition coefficient (Wildman–Crippen LogP) is 0.618. The molecule has 2 heterocycles.